The van der Waals surface area contributed by atoms with Crippen molar-refractivity contribution in [2.45, 2.75) is 6.42 Å². The van der Waals surface area contributed by atoms with Crippen LogP contribution < -0.4 is 10.2 Å². The summed E-state index contributed by atoms with van der Waals surface area (Å²) in [5, 5.41) is 14.9. The molecule has 0 heterocycles. The molecule has 1 amide bonds. The van der Waals surface area contributed by atoms with Crippen LogP contribution in [0.15, 0.2) is 47.6 Å². The number of ether oxygens (including phenoxy) is 1. The number of halogens is 1. The van der Waals surface area contributed by atoms with Crippen molar-refractivity contribution in [1.29, 1.82) is 0 Å². The molecule has 0 spiro atoms. The molecule has 0 saturated heterocycles. The summed E-state index contributed by atoms with van der Waals surface area (Å²) in [6, 6.07) is 10.9. The van der Waals surface area contributed by atoms with E-state index in [1.807, 2.05) is 0 Å². The number of methoxy groups -OCH3 is 1. The number of nitro benzene ring substituents is 1. The molecule has 0 fully saturated rings. The van der Waals surface area contributed by atoms with Gasteiger partial charge in [0, 0.05) is 22.7 Å². The SMILES string of the molecule is COc1ccc(Cl)c(CC(=O)N/N=C/c2cccc([N+](=O)[O-])c2)c1. The van der Waals surface area contributed by atoms with Crippen LogP contribution in [0.3, 0.4) is 0 Å². The number of nitro groups is 1. The van der Waals surface area contributed by atoms with Gasteiger partial charge in [-0.05, 0) is 23.8 Å². The molecule has 0 atom stereocenters. The summed E-state index contributed by atoms with van der Waals surface area (Å²) in [7, 11) is 1.52. The maximum absolute atomic E-state index is 11.9. The zero-order chi connectivity index (χ0) is 17.5. The summed E-state index contributed by atoms with van der Waals surface area (Å²) >= 11 is 6.04. The quantitative estimate of drug-likeness (QED) is 0.494. The number of amides is 1. The fourth-order valence-corrected chi connectivity index (χ4v) is 2.11. The van der Waals surface area contributed by atoms with Crippen molar-refractivity contribution >= 4 is 29.4 Å². The second-order valence-electron chi connectivity index (χ2n) is 4.78. The van der Waals surface area contributed by atoms with Gasteiger partial charge < -0.3 is 4.74 Å². The summed E-state index contributed by atoms with van der Waals surface area (Å²) in [6.07, 6.45) is 1.36. The molecular weight excluding hydrogens is 334 g/mol. The van der Waals surface area contributed by atoms with Crippen LogP contribution in [0.25, 0.3) is 0 Å². The second kappa shape index (κ2) is 8.07. The van der Waals surface area contributed by atoms with E-state index < -0.39 is 4.92 Å². The Morgan fingerprint density at radius 2 is 2.17 bits per heavy atom. The van der Waals surface area contributed by atoms with Gasteiger partial charge in [-0.15, -0.1) is 0 Å². The number of hydrogen-bond donors (Lipinski definition) is 1. The molecule has 24 heavy (non-hydrogen) atoms. The van der Waals surface area contributed by atoms with Crippen molar-refractivity contribution in [2.24, 2.45) is 5.10 Å². The third-order valence-electron chi connectivity index (χ3n) is 3.09. The Labute approximate surface area is 143 Å². The molecule has 0 saturated carbocycles. The van der Waals surface area contributed by atoms with Gasteiger partial charge in [0.15, 0.2) is 0 Å². The van der Waals surface area contributed by atoms with E-state index >= 15 is 0 Å². The van der Waals surface area contributed by atoms with Crippen molar-refractivity contribution in [3.63, 3.8) is 0 Å². The molecule has 1 N–H and O–H groups in total. The summed E-state index contributed by atoms with van der Waals surface area (Å²) in [5.74, 6) is 0.231. The molecule has 0 aliphatic heterocycles. The highest BCUT2D eigenvalue weighted by Gasteiger charge is 2.08. The Morgan fingerprint density at radius 1 is 1.38 bits per heavy atom. The van der Waals surface area contributed by atoms with Gasteiger partial charge in [-0.2, -0.15) is 5.10 Å². The molecular formula is C16H14ClN3O4. The highest BCUT2D eigenvalue weighted by Crippen LogP contribution is 2.22. The topological polar surface area (TPSA) is 93.8 Å². The van der Waals surface area contributed by atoms with Crippen molar-refractivity contribution in [1.82, 2.24) is 5.43 Å². The van der Waals surface area contributed by atoms with Crippen LogP contribution in [0.1, 0.15) is 11.1 Å². The first kappa shape index (κ1) is 17.4. The predicted molar refractivity (Wildman–Crippen MR) is 90.5 cm³/mol. The summed E-state index contributed by atoms with van der Waals surface area (Å²) in [4.78, 5) is 22.1. The summed E-state index contributed by atoms with van der Waals surface area (Å²) in [6.45, 7) is 0. The fourth-order valence-electron chi connectivity index (χ4n) is 1.92. The maximum Gasteiger partial charge on any atom is 0.270 e. The van der Waals surface area contributed by atoms with Crippen LogP contribution in [0, 0.1) is 10.1 Å². The third-order valence-corrected chi connectivity index (χ3v) is 3.46. The maximum atomic E-state index is 11.9. The van der Waals surface area contributed by atoms with Crippen LogP contribution in [-0.2, 0) is 11.2 Å². The Bertz CT molecular complexity index is 793. The molecule has 0 bridgehead atoms. The van der Waals surface area contributed by atoms with Crippen LogP contribution in [0.5, 0.6) is 5.75 Å². The van der Waals surface area contributed by atoms with E-state index in [4.69, 9.17) is 16.3 Å². The van der Waals surface area contributed by atoms with Crippen molar-refractivity contribution in [2.75, 3.05) is 7.11 Å². The molecule has 0 unspecified atom stereocenters. The smallest absolute Gasteiger partial charge is 0.270 e. The van der Waals surface area contributed by atoms with Crippen LogP contribution >= 0.6 is 11.6 Å². The monoisotopic (exact) mass is 347 g/mol. The minimum Gasteiger partial charge on any atom is -0.497 e. The van der Waals surface area contributed by atoms with Crippen molar-refractivity contribution in [3.05, 3.63) is 68.7 Å². The Kier molecular flexibility index (Phi) is 5.86. The van der Waals surface area contributed by atoms with Crippen LogP contribution in [-0.4, -0.2) is 24.2 Å². The van der Waals surface area contributed by atoms with E-state index in [0.29, 0.717) is 21.9 Å². The predicted octanol–water partition coefficient (Wildman–Crippen LogP) is 2.95. The van der Waals surface area contributed by atoms with E-state index in [9.17, 15) is 14.9 Å². The van der Waals surface area contributed by atoms with Gasteiger partial charge in [0.1, 0.15) is 5.75 Å². The van der Waals surface area contributed by atoms with Gasteiger partial charge in [0.25, 0.3) is 5.69 Å². The number of benzene rings is 2. The van der Waals surface area contributed by atoms with Crippen molar-refractivity contribution < 1.29 is 14.5 Å². The van der Waals surface area contributed by atoms with Gasteiger partial charge in [0.2, 0.25) is 5.91 Å². The number of nitrogens with one attached hydrogen (secondary N) is 1. The zero-order valence-electron chi connectivity index (χ0n) is 12.7. The Hall–Kier alpha value is -2.93. The molecule has 2 rings (SSSR count). The lowest BCUT2D eigenvalue weighted by Gasteiger charge is -2.06. The number of rotatable bonds is 6. The third kappa shape index (κ3) is 4.79. The standard InChI is InChI=1S/C16H14ClN3O4/c1-24-14-5-6-15(17)12(8-14)9-16(21)19-18-10-11-3-2-4-13(7-11)20(22)23/h2-8,10H,9H2,1H3,(H,19,21)/b18-10+. The molecule has 0 aromatic heterocycles. The molecule has 124 valence electrons. The average molecular weight is 348 g/mol. The lowest BCUT2D eigenvalue weighted by Crippen LogP contribution is -2.20. The minimum atomic E-state index is -0.499. The van der Waals surface area contributed by atoms with Crippen LogP contribution in [0.4, 0.5) is 5.69 Å². The first-order valence-corrected chi connectivity index (χ1v) is 7.26. The number of carbonyl (C=O) groups is 1. The van der Waals surface area contributed by atoms with Gasteiger partial charge in [0.05, 0.1) is 24.7 Å². The van der Waals surface area contributed by atoms with E-state index in [1.165, 1.54) is 31.5 Å². The molecule has 7 nitrogen and oxygen atoms in total. The molecule has 2 aromatic carbocycles. The van der Waals surface area contributed by atoms with Gasteiger partial charge in [-0.3, -0.25) is 14.9 Å². The first-order valence-electron chi connectivity index (χ1n) is 6.88. The molecule has 0 aliphatic rings. The number of hydrazone groups is 1. The largest absolute Gasteiger partial charge is 0.497 e. The lowest BCUT2D eigenvalue weighted by molar-refractivity contribution is -0.384. The Balaban J connectivity index is 1.98. The van der Waals surface area contributed by atoms with E-state index in [0.717, 1.165) is 0 Å². The number of nitrogens with zero attached hydrogens (tertiary/aromatic N) is 2. The molecule has 2 aromatic rings. The lowest BCUT2D eigenvalue weighted by atomic mass is 10.1. The van der Waals surface area contributed by atoms with Crippen molar-refractivity contribution in [3.8, 4) is 5.75 Å². The highest BCUT2D eigenvalue weighted by atomic mass is 35.5. The number of non-ortho nitro benzene ring substituents is 1. The average Bonchev–Trinajstić information content (AvgIpc) is 2.57. The highest BCUT2D eigenvalue weighted by molar-refractivity contribution is 6.31. The Morgan fingerprint density at radius 3 is 2.88 bits per heavy atom. The van der Waals surface area contributed by atoms with Crippen LogP contribution in [0.2, 0.25) is 5.02 Å². The van der Waals surface area contributed by atoms with E-state index in [-0.39, 0.29) is 18.0 Å². The van der Waals surface area contributed by atoms with E-state index in [1.54, 1.807) is 24.3 Å². The second-order valence-corrected chi connectivity index (χ2v) is 5.19. The summed E-state index contributed by atoms with van der Waals surface area (Å²) < 4.78 is 5.09. The normalized spacial score (nSPS) is 10.6. The molecule has 0 aliphatic carbocycles. The first-order chi connectivity index (χ1) is 11.5. The van der Waals surface area contributed by atoms with Gasteiger partial charge >= 0.3 is 0 Å². The number of carbonyl (C=O) groups excluding carboxylic acids is 1. The van der Waals surface area contributed by atoms with Gasteiger partial charge in [-0.25, -0.2) is 5.43 Å². The van der Waals surface area contributed by atoms with Gasteiger partial charge in [-0.1, -0.05) is 23.7 Å². The zero-order valence-corrected chi connectivity index (χ0v) is 13.5. The molecule has 0 radical (unpaired) electrons. The molecule has 8 heteroatoms. The fraction of sp³-hybridized carbons (Fsp3) is 0.125. The minimum absolute atomic E-state index is 0.0301. The van der Waals surface area contributed by atoms with E-state index in [2.05, 4.69) is 10.5 Å². The summed E-state index contributed by atoms with van der Waals surface area (Å²) in [5.41, 5.74) is 3.42. The number of hydrogen-bond acceptors (Lipinski definition) is 5.